The molecule has 0 aliphatic rings. The molecule has 0 saturated heterocycles. The largest absolute Gasteiger partial charge is 0.309 e. The Kier molecular flexibility index (Phi) is 7.42. The zero-order chi connectivity index (χ0) is 37.0. The fourth-order valence-electron chi connectivity index (χ4n) is 8.19. The van der Waals surface area contributed by atoms with E-state index >= 15 is 0 Å². The molecular weight excluding hydrogens is 683 g/mol. The third-order valence-corrected chi connectivity index (χ3v) is 10.8. The summed E-state index contributed by atoms with van der Waals surface area (Å²) in [6, 6.07) is 70.4. The van der Waals surface area contributed by atoms with Gasteiger partial charge in [-0.05, 0) is 47.0 Å². The highest BCUT2D eigenvalue weighted by Gasteiger charge is 2.22. The lowest BCUT2D eigenvalue weighted by molar-refractivity contribution is 0.953. The van der Waals surface area contributed by atoms with Crippen LogP contribution in [0.5, 0.6) is 0 Å². The van der Waals surface area contributed by atoms with Gasteiger partial charge < -0.3 is 4.57 Å². The molecule has 5 heteroatoms. The van der Waals surface area contributed by atoms with Crippen LogP contribution in [0.2, 0.25) is 0 Å². The quantitative estimate of drug-likeness (QED) is 0.172. The van der Waals surface area contributed by atoms with Crippen molar-refractivity contribution in [1.29, 1.82) is 0 Å². The number of rotatable bonds is 6. The summed E-state index contributed by atoms with van der Waals surface area (Å²) in [5, 5.41) is 4.68. The molecule has 3 aromatic heterocycles. The predicted octanol–water partition coefficient (Wildman–Crippen LogP) is 12.7. The van der Waals surface area contributed by atoms with Gasteiger partial charge in [-0.25, -0.2) is 4.98 Å². The molecule has 0 aliphatic heterocycles. The number of nitrogens with zero attached hydrogens (tertiary/aromatic N) is 5. The Morgan fingerprint density at radius 2 is 0.732 bits per heavy atom. The minimum atomic E-state index is 0.568. The Bertz CT molecular complexity index is 3220. The highest BCUT2D eigenvalue weighted by atomic mass is 15.2. The highest BCUT2D eigenvalue weighted by Crippen LogP contribution is 2.41. The number of aromatic nitrogens is 5. The van der Waals surface area contributed by atoms with Gasteiger partial charge in [-0.2, -0.15) is 9.97 Å². The van der Waals surface area contributed by atoms with E-state index in [2.05, 4.69) is 185 Å². The molecule has 0 bridgehead atoms. The van der Waals surface area contributed by atoms with Crippen LogP contribution in [-0.2, 0) is 0 Å². The number of hydrogen-bond acceptors (Lipinski definition) is 3. The van der Waals surface area contributed by atoms with Gasteiger partial charge >= 0.3 is 0 Å². The second kappa shape index (κ2) is 13.0. The molecule has 0 unspecified atom stereocenters. The molecule has 0 aliphatic carbocycles. The van der Waals surface area contributed by atoms with Crippen molar-refractivity contribution in [2.24, 2.45) is 0 Å². The van der Waals surface area contributed by atoms with Gasteiger partial charge in [0.05, 0.1) is 27.8 Å². The maximum Gasteiger partial charge on any atom is 0.238 e. The second-order valence-corrected chi connectivity index (χ2v) is 14.1. The normalized spacial score (nSPS) is 11.6. The molecule has 3 heterocycles. The summed E-state index contributed by atoms with van der Waals surface area (Å²) < 4.78 is 4.63. The van der Waals surface area contributed by atoms with Crippen LogP contribution in [0.3, 0.4) is 0 Å². The first-order valence-corrected chi connectivity index (χ1v) is 18.9. The molecule has 0 saturated carbocycles. The van der Waals surface area contributed by atoms with Gasteiger partial charge in [0.15, 0.2) is 11.6 Å². The molecule has 11 rings (SSSR count). The Hall–Kier alpha value is -7.63. The van der Waals surface area contributed by atoms with Gasteiger partial charge in [0.2, 0.25) is 5.95 Å². The van der Waals surface area contributed by atoms with Crippen LogP contribution in [0, 0.1) is 0 Å². The average Bonchev–Trinajstić information content (AvgIpc) is 3.78. The first kappa shape index (κ1) is 31.9. The molecule has 11 aromatic rings. The van der Waals surface area contributed by atoms with E-state index < -0.39 is 0 Å². The van der Waals surface area contributed by atoms with Crippen molar-refractivity contribution in [2.75, 3.05) is 0 Å². The molecule has 262 valence electrons. The lowest BCUT2D eigenvalue weighted by Gasteiger charge is -2.14. The van der Waals surface area contributed by atoms with Crippen molar-refractivity contribution in [3.05, 3.63) is 200 Å². The molecule has 0 spiro atoms. The summed E-state index contributed by atoms with van der Waals surface area (Å²) in [5.41, 5.74) is 12.0. The van der Waals surface area contributed by atoms with Gasteiger partial charge in [0.1, 0.15) is 0 Å². The predicted molar refractivity (Wildman–Crippen MR) is 230 cm³/mol. The maximum absolute atomic E-state index is 5.27. The van der Waals surface area contributed by atoms with E-state index in [1.54, 1.807) is 0 Å². The number of fused-ring (bicyclic) bond motifs is 6. The second-order valence-electron chi connectivity index (χ2n) is 14.1. The van der Waals surface area contributed by atoms with Crippen molar-refractivity contribution in [3.63, 3.8) is 0 Å². The van der Waals surface area contributed by atoms with E-state index in [-0.39, 0.29) is 0 Å². The standard InChI is InChI=1S/C51H33N5/c1-4-16-34(17-5-1)35-28-30-38(31-29-35)50-52-49(37-20-8-3-9-21-37)53-51(54-50)56-46-27-15-12-24-41(46)43-32-42-40-23-11-14-26-45(40)55(47(42)33-48(43)56)44-25-13-10-22-39(44)36-18-6-2-7-19-36/h1-33H. The molecule has 56 heavy (non-hydrogen) atoms. The lowest BCUT2D eigenvalue weighted by Crippen LogP contribution is -2.06. The molecule has 0 atom stereocenters. The van der Waals surface area contributed by atoms with Crippen molar-refractivity contribution < 1.29 is 0 Å². The molecule has 0 amide bonds. The summed E-state index contributed by atoms with van der Waals surface area (Å²) in [5.74, 6) is 1.81. The van der Waals surface area contributed by atoms with Crippen LogP contribution in [0.1, 0.15) is 0 Å². The summed E-state index contributed by atoms with van der Waals surface area (Å²) in [4.78, 5) is 15.6. The number of para-hydroxylation sites is 3. The van der Waals surface area contributed by atoms with Gasteiger partial charge in [-0.15, -0.1) is 0 Å². The lowest BCUT2D eigenvalue weighted by atomic mass is 10.0. The zero-order valence-corrected chi connectivity index (χ0v) is 30.3. The Morgan fingerprint density at radius 1 is 0.286 bits per heavy atom. The Labute approximate surface area is 323 Å². The van der Waals surface area contributed by atoms with Crippen molar-refractivity contribution in [2.45, 2.75) is 0 Å². The fraction of sp³-hybridized carbons (Fsp3) is 0. The minimum absolute atomic E-state index is 0.568. The van der Waals surface area contributed by atoms with E-state index in [0.29, 0.717) is 17.6 Å². The van der Waals surface area contributed by atoms with E-state index in [1.807, 2.05) is 24.3 Å². The zero-order valence-electron chi connectivity index (χ0n) is 30.3. The van der Waals surface area contributed by atoms with Crippen LogP contribution >= 0.6 is 0 Å². The van der Waals surface area contributed by atoms with Gasteiger partial charge in [0.25, 0.3) is 0 Å². The van der Waals surface area contributed by atoms with Crippen molar-refractivity contribution >= 4 is 43.6 Å². The molecular formula is C51H33N5. The van der Waals surface area contributed by atoms with Crippen LogP contribution in [0.25, 0.3) is 100 Å². The summed E-state index contributed by atoms with van der Waals surface area (Å²) in [6.07, 6.45) is 0. The van der Waals surface area contributed by atoms with Crippen LogP contribution in [0.4, 0.5) is 0 Å². The minimum Gasteiger partial charge on any atom is -0.309 e. The molecule has 0 fully saturated rings. The Balaban J connectivity index is 1.19. The third-order valence-electron chi connectivity index (χ3n) is 10.8. The average molecular weight is 716 g/mol. The summed E-state index contributed by atoms with van der Waals surface area (Å²) in [6.45, 7) is 0. The fourth-order valence-corrected chi connectivity index (χ4v) is 8.19. The number of hydrogen-bond donors (Lipinski definition) is 0. The highest BCUT2D eigenvalue weighted by molar-refractivity contribution is 6.19. The molecule has 0 N–H and O–H groups in total. The van der Waals surface area contributed by atoms with Crippen LogP contribution < -0.4 is 0 Å². The van der Waals surface area contributed by atoms with Crippen molar-refractivity contribution in [1.82, 2.24) is 24.1 Å². The smallest absolute Gasteiger partial charge is 0.238 e. The topological polar surface area (TPSA) is 48.5 Å². The molecule has 0 radical (unpaired) electrons. The molecule has 5 nitrogen and oxygen atoms in total. The summed E-state index contributed by atoms with van der Waals surface area (Å²) >= 11 is 0. The number of benzene rings is 8. The van der Waals surface area contributed by atoms with E-state index in [0.717, 1.165) is 55.2 Å². The van der Waals surface area contributed by atoms with Gasteiger partial charge in [-0.1, -0.05) is 170 Å². The van der Waals surface area contributed by atoms with Crippen molar-refractivity contribution in [3.8, 4) is 56.7 Å². The van der Waals surface area contributed by atoms with E-state index in [1.165, 1.54) is 27.5 Å². The first-order chi connectivity index (χ1) is 27.8. The van der Waals surface area contributed by atoms with E-state index in [9.17, 15) is 0 Å². The Morgan fingerprint density at radius 3 is 1.38 bits per heavy atom. The van der Waals surface area contributed by atoms with Crippen LogP contribution in [0.15, 0.2) is 200 Å². The molecule has 8 aromatic carbocycles. The summed E-state index contributed by atoms with van der Waals surface area (Å²) in [7, 11) is 0. The van der Waals surface area contributed by atoms with E-state index in [4.69, 9.17) is 15.0 Å². The monoisotopic (exact) mass is 715 g/mol. The van der Waals surface area contributed by atoms with Gasteiger partial charge in [0, 0.05) is 38.2 Å². The first-order valence-electron chi connectivity index (χ1n) is 18.9. The maximum atomic E-state index is 5.27. The SMILES string of the molecule is c1ccc(-c2ccc(-c3nc(-c4ccccc4)nc(-n4c5ccccc5c5cc6c7ccccc7n(-c7ccccc7-c7ccccc7)c6cc54)n3)cc2)cc1. The van der Waals surface area contributed by atoms with Gasteiger partial charge in [-0.3, -0.25) is 4.57 Å². The van der Waals surface area contributed by atoms with Crippen LogP contribution in [-0.4, -0.2) is 24.1 Å². The third kappa shape index (κ3) is 5.21.